The lowest BCUT2D eigenvalue weighted by Crippen LogP contribution is -2.22. The molecule has 2 heterocycles. The quantitative estimate of drug-likeness (QED) is 0.918. The summed E-state index contributed by atoms with van der Waals surface area (Å²) in [5, 5.41) is 6.80. The molecule has 1 atom stereocenters. The highest BCUT2D eigenvalue weighted by Crippen LogP contribution is 2.31. The van der Waals surface area contributed by atoms with E-state index >= 15 is 0 Å². The summed E-state index contributed by atoms with van der Waals surface area (Å²) in [6.45, 7) is 1.86. The smallest absolute Gasteiger partial charge is 0.242 e. The third-order valence-corrected chi connectivity index (χ3v) is 3.80. The number of rotatable bonds is 5. The van der Waals surface area contributed by atoms with Crippen LogP contribution in [0.3, 0.4) is 0 Å². The van der Waals surface area contributed by atoms with Crippen molar-refractivity contribution < 1.29 is 9.53 Å². The zero-order chi connectivity index (χ0) is 15.4. The summed E-state index contributed by atoms with van der Waals surface area (Å²) in [4.78, 5) is 22.4. The van der Waals surface area contributed by atoms with Crippen LogP contribution in [0, 0.1) is 0 Å². The van der Waals surface area contributed by atoms with E-state index in [9.17, 15) is 4.79 Å². The van der Waals surface area contributed by atoms with Gasteiger partial charge in [0, 0.05) is 14.1 Å². The van der Waals surface area contributed by atoms with Gasteiger partial charge in [-0.3, -0.25) is 4.79 Å². The molecule has 0 aromatic carbocycles. The van der Waals surface area contributed by atoms with Gasteiger partial charge in [0.05, 0.1) is 13.0 Å². The lowest BCUT2D eigenvalue weighted by Gasteiger charge is -2.19. The van der Waals surface area contributed by atoms with Gasteiger partial charge in [-0.25, -0.2) is 4.98 Å². The highest BCUT2D eigenvalue weighted by molar-refractivity contribution is 7.08. The van der Waals surface area contributed by atoms with Gasteiger partial charge in [0.15, 0.2) is 5.82 Å². The molecule has 0 aliphatic carbocycles. The van der Waals surface area contributed by atoms with Gasteiger partial charge < -0.3 is 15.0 Å². The Labute approximate surface area is 127 Å². The van der Waals surface area contributed by atoms with Crippen LogP contribution < -0.4 is 15.0 Å². The van der Waals surface area contributed by atoms with E-state index in [1.165, 1.54) is 13.4 Å². The molecule has 7 heteroatoms. The first kappa shape index (κ1) is 15.2. The average Bonchev–Trinajstić information content (AvgIpc) is 3.00. The number of thiophene rings is 1. The lowest BCUT2D eigenvalue weighted by molar-refractivity contribution is -0.117. The van der Waals surface area contributed by atoms with E-state index in [0.717, 1.165) is 5.56 Å². The van der Waals surface area contributed by atoms with Gasteiger partial charge in [-0.15, -0.1) is 0 Å². The van der Waals surface area contributed by atoms with Crippen LogP contribution in [0.4, 0.5) is 11.5 Å². The predicted octanol–water partition coefficient (Wildman–Crippen LogP) is 2.35. The van der Waals surface area contributed by atoms with E-state index in [0.29, 0.717) is 17.4 Å². The van der Waals surface area contributed by atoms with Crippen molar-refractivity contribution in [1.82, 2.24) is 9.97 Å². The van der Waals surface area contributed by atoms with Crippen LogP contribution in [0.2, 0.25) is 0 Å². The number of amides is 1. The normalized spacial score (nSPS) is 11.8. The lowest BCUT2D eigenvalue weighted by atomic mass is 10.0. The molecule has 0 radical (unpaired) electrons. The number of anilines is 2. The second-order valence-corrected chi connectivity index (χ2v) is 5.52. The Hall–Kier alpha value is -2.15. The zero-order valence-corrected chi connectivity index (χ0v) is 13.3. The molecular weight excluding hydrogens is 288 g/mol. The maximum absolute atomic E-state index is 12.4. The maximum atomic E-state index is 12.4. The summed E-state index contributed by atoms with van der Waals surface area (Å²) in [6, 6.07) is 1.94. The Morgan fingerprint density at radius 1 is 1.43 bits per heavy atom. The molecule has 0 spiro atoms. The number of hydrogen-bond acceptors (Lipinski definition) is 6. The maximum Gasteiger partial charge on any atom is 0.242 e. The summed E-state index contributed by atoms with van der Waals surface area (Å²) < 4.78 is 5.22. The van der Waals surface area contributed by atoms with Crippen molar-refractivity contribution in [3.8, 4) is 5.88 Å². The van der Waals surface area contributed by atoms with Gasteiger partial charge in [-0.1, -0.05) is 0 Å². The first-order valence-corrected chi connectivity index (χ1v) is 7.38. The predicted molar refractivity (Wildman–Crippen MR) is 84.3 cm³/mol. The van der Waals surface area contributed by atoms with Crippen LogP contribution in [-0.2, 0) is 4.79 Å². The monoisotopic (exact) mass is 306 g/mol. The van der Waals surface area contributed by atoms with Gasteiger partial charge in [0.2, 0.25) is 11.8 Å². The van der Waals surface area contributed by atoms with Gasteiger partial charge in [-0.2, -0.15) is 16.3 Å². The number of aromatic nitrogens is 2. The van der Waals surface area contributed by atoms with Crippen LogP contribution in [0.25, 0.3) is 0 Å². The number of nitrogens with one attached hydrogen (secondary N) is 1. The van der Waals surface area contributed by atoms with Crippen LogP contribution >= 0.6 is 11.3 Å². The summed E-state index contributed by atoms with van der Waals surface area (Å²) in [5.74, 6) is 0.577. The number of ether oxygens (including phenoxy) is 1. The molecular formula is C14H18N4O2S. The van der Waals surface area contributed by atoms with E-state index in [1.54, 1.807) is 16.2 Å². The van der Waals surface area contributed by atoms with Gasteiger partial charge in [0.1, 0.15) is 12.0 Å². The molecule has 0 aliphatic heterocycles. The highest BCUT2D eigenvalue weighted by Gasteiger charge is 2.21. The Morgan fingerprint density at radius 2 is 2.19 bits per heavy atom. The van der Waals surface area contributed by atoms with E-state index in [1.807, 2.05) is 37.8 Å². The van der Waals surface area contributed by atoms with Crippen molar-refractivity contribution >= 4 is 28.7 Å². The summed E-state index contributed by atoms with van der Waals surface area (Å²) in [6.07, 6.45) is 1.41. The third kappa shape index (κ3) is 3.30. The first-order valence-electron chi connectivity index (χ1n) is 6.43. The molecule has 0 aliphatic rings. The molecule has 1 amide bonds. The van der Waals surface area contributed by atoms with Crippen molar-refractivity contribution in [2.75, 3.05) is 31.4 Å². The number of carbonyl (C=O) groups is 1. The van der Waals surface area contributed by atoms with E-state index < -0.39 is 0 Å². The number of carbonyl (C=O) groups excluding carboxylic acids is 1. The van der Waals surface area contributed by atoms with Gasteiger partial charge in [0.25, 0.3) is 0 Å². The fraction of sp³-hybridized carbons (Fsp3) is 0.357. The minimum absolute atomic E-state index is 0.121. The van der Waals surface area contributed by atoms with Crippen LogP contribution in [0.1, 0.15) is 18.4 Å². The molecule has 0 fully saturated rings. The highest BCUT2D eigenvalue weighted by atomic mass is 32.1. The number of methoxy groups -OCH3 is 1. The molecule has 2 aromatic heterocycles. The summed E-state index contributed by atoms with van der Waals surface area (Å²) >= 11 is 1.57. The summed E-state index contributed by atoms with van der Waals surface area (Å²) in [5.41, 5.74) is 1.47. The van der Waals surface area contributed by atoms with Crippen molar-refractivity contribution in [2.24, 2.45) is 0 Å². The van der Waals surface area contributed by atoms with Crippen LogP contribution in [0.15, 0.2) is 23.2 Å². The fourth-order valence-electron chi connectivity index (χ4n) is 1.87. The van der Waals surface area contributed by atoms with Gasteiger partial charge in [-0.05, 0) is 29.3 Å². The molecule has 6 nitrogen and oxygen atoms in total. The topological polar surface area (TPSA) is 67.4 Å². The molecule has 112 valence electrons. The van der Waals surface area contributed by atoms with E-state index in [2.05, 4.69) is 15.3 Å². The minimum atomic E-state index is -0.254. The van der Waals surface area contributed by atoms with Crippen LogP contribution in [0.5, 0.6) is 5.88 Å². The Balaban J connectivity index is 2.28. The van der Waals surface area contributed by atoms with E-state index in [-0.39, 0.29) is 11.8 Å². The molecule has 0 saturated carbocycles. The Morgan fingerprint density at radius 3 is 2.76 bits per heavy atom. The SMILES string of the molecule is COc1ncnc(N(C)C)c1NC(=O)[C@@H](C)c1ccsc1. The second kappa shape index (κ2) is 6.53. The molecule has 2 aromatic rings. The van der Waals surface area contributed by atoms with Crippen molar-refractivity contribution in [3.63, 3.8) is 0 Å². The Kier molecular flexibility index (Phi) is 4.74. The first-order chi connectivity index (χ1) is 10.0. The zero-order valence-electron chi connectivity index (χ0n) is 12.5. The number of hydrogen-bond donors (Lipinski definition) is 1. The van der Waals surface area contributed by atoms with Gasteiger partial charge >= 0.3 is 0 Å². The standard InChI is InChI=1S/C14H18N4O2S/c1-9(10-5-6-21-7-10)13(19)17-11-12(18(2)3)15-8-16-14(11)20-4/h5-9H,1-4H3,(H,17,19)/t9-/m0/s1. The molecule has 21 heavy (non-hydrogen) atoms. The van der Waals surface area contributed by atoms with Crippen molar-refractivity contribution in [2.45, 2.75) is 12.8 Å². The summed E-state index contributed by atoms with van der Waals surface area (Å²) in [7, 11) is 5.21. The van der Waals surface area contributed by atoms with Crippen molar-refractivity contribution in [1.29, 1.82) is 0 Å². The molecule has 0 saturated heterocycles. The molecule has 2 rings (SSSR count). The molecule has 1 N–H and O–H groups in total. The largest absolute Gasteiger partial charge is 0.479 e. The van der Waals surface area contributed by atoms with Crippen molar-refractivity contribution in [3.05, 3.63) is 28.7 Å². The fourth-order valence-corrected chi connectivity index (χ4v) is 2.62. The van der Waals surface area contributed by atoms with E-state index in [4.69, 9.17) is 4.74 Å². The minimum Gasteiger partial charge on any atom is -0.479 e. The Bertz CT molecular complexity index is 613. The number of nitrogens with zero attached hydrogens (tertiary/aromatic N) is 3. The molecule has 0 unspecified atom stereocenters. The average molecular weight is 306 g/mol. The van der Waals surface area contributed by atoms with Crippen LogP contribution in [-0.4, -0.2) is 37.1 Å². The second-order valence-electron chi connectivity index (χ2n) is 4.74. The molecule has 0 bridgehead atoms. The third-order valence-electron chi connectivity index (χ3n) is 3.09.